The number of rotatable bonds is 6. The van der Waals surface area contributed by atoms with Crippen molar-refractivity contribution >= 4 is 21.6 Å². The molecular formula is C17H21F2N3O5S. The van der Waals surface area contributed by atoms with Crippen LogP contribution in [-0.2, 0) is 9.84 Å². The molecule has 3 fully saturated rings. The Hall–Kier alpha value is -2.17. The van der Waals surface area contributed by atoms with Gasteiger partial charge in [-0.1, -0.05) is 0 Å². The fraction of sp³-hybridized carbons (Fsp3) is 0.647. The van der Waals surface area contributed by atoms with Gasteiger partial charge in [0, 0.05) is 12.1 Å². The molecule has 1 atom stereocenters. The Morgan fingerprint density at radius 3 is 2.64 bits per heavy atom. The van der Waals surface area contributed by atoms with E-state index in [2.05, 4.69) is 10.3 Å². The molecule has 0 spiro atoms. The summed E-state index contributed by atoms with van der Waals surface area (Å²) < 4.78 is 60.1. The molecule has 1 aliphatic carbocycles. The first kappa shape index (κ1) is 19.2. The Bertz CT molecular complexity index is 868. The number of ether oxygens (including phenoxy) is 2. The molecule has 8 nitrogen and oxygen atoms in total. The van der Waals surface area contributed by atoms with E-state index in [1.807, 2.05) is 0 Å². The number of hydrogen-bond donors (Lipinski definition) is 1. The Morgan fingerprint density at radius 2 is 2.04 bits per heavy atom. The number of halogens is 2. The largest absolute Gasteiger partial charge is 0.476 e. The minimum Gasteiger partial charge on any atom is -0.476 e. The zero-order chi connectivity index (χ0) is 19.9. The van der Waals surface area contributed by atoms with Gasteiger partial charge >= 0.3 is 6.09 Å². The van der Waals surface area contributed by atoms with Gasteiger partial charge in [0.15, 0.2) is 9.84 Å². The lowest BCUT2D eigenvalue weighted by molar-refractivity contribution is -0.0265. The SMILES string of the molecule is O=C(NC1CCS(=O)(=O)C1)Oc1ccc(N2CC(F)(F)C2)c(OCC2CC2)n1. The Morgan fingerprint density at radius 1 is 1.29 bits per heavy atom. The van der Waals surface area contributed by atoms with Crippen LogP contribution in [0.3, 0.4) is 0 Å². The number of sulfone groups is 1. The van der Waals surface area contributed by atoms with Crippen molar-refractivity contribution in [2.45, 2.75) is 31.2 Å². The van der Waals surface area contributed by atoms with E-state index in [0.29, 0.717) is 24.6 Å². The highest BCUT2D eigenvalue weighted by Crippen LogP contribution is 2.38. The lowest BCUT2D eigenvalue weighted by atomic mass is 10.1. The number of amides is 1. The molecule has 1 unspecified atom stereocenters. The van der Waals surface area contributed by atoms with Crippen molar-refractivity contribution < 1.29 is 31.5 Å². The van der Waals surface area contributed by atoms with Crippen LogP contribution in [0, 0.1) is 5.92 Å². The van der Waals surface area contributed by atoms with Gasteiger partial charge in [-0.15, -0.1) is 0 Å². The van der Waals surface area contributed by atoms with Crippen LogP contribution in [0.15, 0.2) is 12.1 Å². The van der Waals surface area contributed by atoms with E-state index in [1.54, 1.807) is 0 Å². The maximum atomic E-state index is 13.2. The number of alkyl halides is 2. The quantitative estimate of drug-likeness (QED) is 0.751. The number of anilines is 1. The molecule has 1 N–H and O–H groups in total. The van der Waals surface area contributed by atoms with Crippen LogP contribution in [0.25, 0.3) is 0 Å². The Kier molecular flexibility index (Phi) is 4.80. The third kappa shape index (κ3) is 4.62. The lowest BCUT2D eigenvalue weighted by Gasteiger charge is -2.40. The molecule has 3 aliphatic rings. The summed E-state index contributed by atoms with van der Waals surface area (Å²) in [4.78, 5) is 17.6. The molecule has 154 valence electrons. The van der Waals surface area contributed by atoms with Crippen LogP contribution < -0.4 is 19.7 Å². The van der Waals surface area contributed by atoms with Gasteiger partial charge in [-0.05, 0) is 31.2 Å². The van der Waals surface area contributed by atoms with Crippen LogP contribution in [0.5, 0.6) is 11.8 Å². The number of carbonyl (C=O) groups is 1. The van der Waals surface area contributed by atoms with Crippen LogP contribution >= 0.6 is 0 Å². The van der Waals surface area contributed by atoms with E-state index in [0.717, 1.165) is 12.8 Å². The molecule has 1 aromatic rings. The second-order valence-electron chi connectivity index (χ2n) is 7.57. The Balaban J connectivity index is 1.41. The Labute approximate surface area is 161 Å². The summed E-state index contributed by atoms with van der Waals surface area (Å²) in [5.41, 5.74) is 0.432. The summed E-state index contributed by atoms with van der Waals surface area (Å²) in [6, 6.07) is 2.44. The van der Waals surface area contributed by atoms with Gasteiger partial charge in [0.05, 0.1) is 31.2 Å². The predicted octanol–water partition coefficient (Wildman–Crippen LogP) is 1.60. The molecule has 1 saturated carbocycles. The van der Waals surface area contributed by atoms with Gasteiger partial charge < -0.3 is 19.7 Å². The second kappa shape index (κ2) is 7.02. The highest BCUT2D eigenvalue weighted by atomic mass is 32.2. The third-order valence-electron chi connectivity index (χ3n) is 4.90. The molecule has 0 bridgehead atoms. The van der Waals surface area contributed by atoms with Gasteiger partial charge in [0.1, 0.15) is 5.69 Å². The highest BCUT2D eigenvalue weighted by molar-refractivity contribution is 7.91. The molecule has 2 saturated heterocycles. The standard InChI is InChI=1S/C17H21F2N3O5S/c18-17(19)9-22(10-17)13-3-4-14(21-15(13)26-7-11-1-2-11)27-16(23)20-12-5-6-28(24,25)8-12/h3-4,11-12H,1-2,5-10H2,(H,20,23). The summed E-state index contributed by atoms with van der Waals surface area (Å²) in [6.45, 7) is -0.392. The molecule has 11 heteroatoms. The topological polar surface area (TPSA) is 97.8 Å². The first-order chi connectivity index (χ1) is 13.2. The van der Waals surface area contributed by atoms with Crippen molar-refractivity contribution in [1.82, 2.24) is 10.3 Å². The highest BCUT2D eigenvalue weighted by Gasteiger charge is 2.45. The zero-order valence-electron chi connectivity index (χ0n) is 15.1. The van der Waals surface area contributed by atoms with E-state index >= 15 is 0 Å². The van der Waals surface area contributed by atoms with Crippen molar-refractivity contribution in [2.75, 3.05) is 36.1 Å². The second-order valence-corrected chi connectivity index (χ2v) is 9.80. The van der Waals surface area contributed by atoms with Crippen LogP contribution in [0.2, 0.25) is 0 Å². The normalized spacial score (nSPS) is 25.1. The zero-order valence-corrected chi connectivity index (χ0v) is 15.9. The van der Waals surface area contributed by atoms with Gasteiger partial charge in [-0.3, -0.25) is 0 Å². The van der Waals surface area contributed by atoms with Crippen LogP contribution in [-0.4, -0.2) is 62.7 Å². The smallest absolute Gasteiger partial charge is 0.414 e. The molecule has 0 aromatic carbocycles. The van der Waals surface area contributed by atoms with Crippen molar-refractivity contribution in [3.8, 4) is 11.8 Å². The molecular weight excluding hydrogens is 396 g/mol. The number of hydrogen-bond acceptors (Lipinski definition) is 7. The van der Waals surface area contributed by atoms with Crippen molar-refractivity contribution in [3.63, 3.8) is 0 Å². The fourth-order valence-electron chi connectivity index (χ4n) is 3.18. The minimum atomic E-state index is -3.12. The van der Waals surface area contributed by atoms with Gasteiger partial charge in [-0.25, -0.2) is 22.0 Å². The van der Waals surface area contributed by atoms with E-state index < -0.39 is 41.0 Å². The fourth-order valence-corrected chi connectivity index (χ4v) is 4.86. The number of aromatic nitrogens is 1. The van der Waals surface area contributed by atoms with Gasteiger partial charge in [0.25, 0.3) is 5.92 Å². The average molecular weight is 417 g/mol. The molecule has 0 radical (unpaired) electrons. The van der Waals surface area contributed by atoms with E-state index in [9.17, 15) is 22.0 Å². The van der Waals surface area contributed by atoms with Gasteiger partial charge in [0.2, 0.25) is 11.8 Å². The van der Waals surface area contributed by atoms with E-state index in [4.69, 9.17) is 9.47 Å². The molecule has 3 heterocycles. The maximum Gasteiger partial charge on any atom is 0.414 e. The number of pyridine rings is 1. The molecule has 2 aliphatic heterocycles. The van der Waals surface area contributed by atoms with Gasteiger partial charge in [-0.2, -0.15) is 4.98 Å². The molecule has 28 heavy (non-hydrogen) atoms. The number of carbonyl (C=O) groups excluding carboxylic acids is 1. The predicted molar refractivity (Wildman–Crippen MR) is 95.8 cm³/mol. The average Bonchev–Trinajstić information content (AvgIpc) is 3.34. The number of nitrogens with zero attached hydrogens (tertiary/aromatic N) is 2. The summed E-state index contributed by atoms with van der Waals surface area (Å²) >= 11 is 0. The van der Waals surface area contributed by atoms with E-state index in [-0.39, 0.29) is 23.3 Å². The monoisotopic (exact) mass is 417 g/mol. The summed E-state index contributed by atoms with van der Waals surface area (Å²) in [5, 5.41) is 2.50. The first-order valence-electron chi connectivity index (χ1n) is 9.14. The lowest BCUT2D eigenvalue weighted by Crippen LogP contribution is -2.56. The minimum absolute atomic E-state index is 0.0323. The summed E-state index contributed by atoms with van der Waals surface area (Å²) in [6.07, 6.45) is 1.63. The van der Waals surface area contributed by atoms with Crippen LogP contribution in [0.4, 0.5) is 19.3 Å². The van der Waals surface area contributed by atoms with Crippen LogP contribution in [0.1, 0.15) is 19.3 Å². The van der Waals surface area contributed by atoms with Crippen molar-refractivity contribution in [2.24, 2.45) is 5.92 Å². The third-order valence-corrected chi connectivity index (χ3v) is 6.67. The first-order valence-corrected chi connectivity index (χ1v) is 11.0. The van der Waals surface area contributed by atoms with Crippen molar-refractivity contribution in [3.05, 3.63) is 12.1 Å². The molecule has 1 aromatic heterocycles. The van der Waals surface area contributed by atoms with E-state index in [1.165, 1.54) is 17.0 Å². The summed E-state index contributed by atoms with van der Waals surface area (Å²) in [7, 11) is -3.12. The maximum absolute atomic E-state index is 13.2. The number of nitrogens with one attached hydrogen (secondary N) is 1. The molecule has 1 amide bonds. The van der Waals surface area contributed by atoms with Crippen molar-refractivity contribution in [1.29, 1.82) is 0 Å². The summed E-state index contributed by atoms with van der Waals surface area (Å²) in [5.74, 6) is -2.27. The molecule has 4 rings (SSSR count).